The lowest BCUT2D eigenvalue weighted by atomic mass is 9.96. The molecule has 1 aliphatic rings. The maximum absolute atomic E-state index is 12.3. The Morgan fingerprint density at radius 3 is 3.08 bits per heavy atom. The predicted octanol–water partition coefficient (Wildman–Crippen LogP) is 3.24. The van der Waals surface area contributed by atoms with Gasteiger partial charge in [0.05, 0.1) is 12.1 Å². The summed E-state index contributed by atoms with van der Waals surface area (Å²) in [4.78, 5) is 15.0. The van der Waals surface area contributed by atoms with Gasteiger partial charge in [-0.3, -0.25) is 4.79 Å². The number of hydrogen-bond donors (Lipinski definition) is 1. The molecule has 132 valence electrons. The Kier molecular flexibility index (Phi) is 4.77. The number of anilines is 1. The molecule has 1 N–H and O–H groups in total. The first-order valence-electron chi connectivity index (χ1n) is 8.39. The van der Waals surface area contributed by atoms with Gasteiger partial charge in [-0.2, -0.15) is 21.4 Å². The summed E-state index contributed by atoms with van der Waals surface area (Å²) in [7, 11) is 0. The summed E-state index contributed by atoms with van der Waals surface area (Å²) in [6.45, 7) is 0.343. The molecule has 0 saturated heterocycles. The summed E-state index contributed by atoms with van der Waals surface area (Å²) in [5.41, 5.74) is 2.68. The third-order valence-electron chi connectivity index (χ3n) is 4.31. The van der Waals surface area contributed by atoms with Crippen LogP contribution in [0.5, 0.6) is 0 Å². The van der Waals surface area contributed by atoms with Crippen molar-refractivity contribution in [2.24, 2.45) is 0 Å². The zero-order valence-electron chi connectivity index (χ0n) is 13.9. The lowest BCUT2D eigenvalue weighted by molar-refractivity contribution is -0.116. The first-order valence-corrected chi connectivity index (χ1v) is 10.2. The van der Waals surface area contributed by atoms with Gasteiger partial charge >= 0.3 is 0 Å². The van der Waals surface area contributed by atoms with E-state index in [9.17, 15) is 10.1 Å². The Balaban J connectivity index is 1.39. The molecule has 3 aromatic rings. The lowest BCUT2D eigenvalue weighted by Gasteiger charge is -2.09. The summed E-state index contributed by atoms with van der Waals surface area (Å²) in [6, 6.07) is 4.19. The zero-order valence-corrected chi connectivity index (χ0v) is 15.6. The largest absolute Gasteiger partial charge is 0.317 e. The van der Waals surface area contributed by atoms with Gasteiger partial charge in [0.15, 0.2) is 0 Å². The fraction of sp³-hybridized carbons (Fsp3) is 0.353. The van der Waals surface area contributed by atoms with Crippen LogP contribution in [0.25, 0.3) is 11.4 Å². The molecule has 0 aromatic carbocycles. The molecular weight excluding hydrogens is 368 g/mol. The van der Waals surface area contributed by atoms with E-state index in [1.54, 1.807) is 11.3 Å². The second kappa shape index (κ2) is 7.35. The number of tetrazole rings is 1. The molecule has 0 aliphatic heterocycles. The minimum Gasteiger partial charge on any atom is -0.317 e. The summed E-state index contributed by atoms with van der Waals surface area (Å²) in [5, 5.41) is 29.2. The van der Waals surface area contributed by atoms with E-state index in [1.165, 1.54) is 21.0 Å². The van der Waals surface area contributed by atoms with Crippen LogP contribution in [0.15, 0.2) is 16.8 Å². The van der Waals surface area contributed by atoms with Crippen LogP contribution in [0.3, 0.4) is 0 Å². The second-order valence-corrected chi connectivity index (χ2v) is 7.93. The molecule has 1 amide bonds. The number of rotatable bonds is 5. The molecule has 1 aliphatic carbocycles. The highest BCUT2D eigenvalue weighted by Gasteiger charge is 2.21. The van der Waals surface area contributed by atoms with Crippen molar-refractivity contribution in [3.63, 3.8) is 0 Å². The Morgan fingerprint density at radius 2 is 2.27 bits per heavy atom. The van der Waals surface area contributed by atoms with Crippen molar-refractivity contribution in [1.29, 1.82) is 5.26 Å². The molecule has 3 heterocycles. The Morgan fingerprint density at radius 1 is 1.38 bits per heavy atom. The van der Waals surface area contributed by atoms with E-state index in [0.29, 0.717) is 22.9 Å². The van der Waals surface area contributed by atoms with Crippen molar-refractivity contribution < 1.29 is 4.79 Å². The third-order valence-corrected chi connectivity index (χ3v) is 6.20. The van der Waals surface area contributed by atoms with Crippen molar-refractivity contribution in [2.75, 3.05) is 5.32 Å². The zero-order chi connectivity index (χ0) is 17.9. The number of amides is 1. The van der Waals surface area contributed by atoms with Crippen LogP contribution >= 0.6 is 22.7 Å². The van der Waals surface area contributed by atoms with Crippen molar-refractivity contribution in [3.8, 4) is 17.5 Å². The summed E-state index contributed by atoms with van der Waals surface area (Å²) < 4.78 is 0. The topological polar surface area (TPSA) is 96.5 Å². The quantitative estimate of drug-likeness (QED) is 0.728. The Hall–Kier alpha value is -2.57. The number of nitriles is 1. The molecule has 26 heavy (non-hydrogen) atoms. The molecule has 0 atom stereocenters. The fourth-order valence-corrected chi connectivity index (χ4v) is 4.90. The number of aromatic nitrogens is 4. The van der Waals surface area contributed by atoms with E-state index >= 15 is 0 Å². The van der Waals surface area contributed by atoms with E-state index in [4.69, 9.17) is 0 Å². The van der Waals surface area contributed by atoms with Crippen molar-refractivity contribution >= 4 is 33.6 Å². The number of thiophene rings is 2. The molecule has 0 radical (unpaired) electrons. The van der Waals surface area contributed by atoms with E-state index in [2.05, 4.69) is 26.8 Å². The molecule has 0 bridgehead atoms. The van der Waals surface area contributed by atoms with Crippen molar-refractivity contribution in [3.05, 3.63) is 32.8 Å². The molecule has 4 rings (SSSR count). The van der Waals surface area contributed by atoms with Crippen LogP contribution in [0.2, 0.25) is 0 Å². The summed E-state index contributed by atoms with van der Waals surface area (Å²) in [6.07, 6.45) is 4.41. The molecule has 0 spiro atoms. The first-order chi connectivity index (χ1) is 12.7. The van der Waals surface area contributed by atoms with E-state index < -0.39 is 0 Å². The van der Waals surface area contributed by atoms with Gasteiger partial charge in [0, 0.05) is 22.2 Å². The van der Waals surface area contributed by atoms with Crippen molar-refractivity contribution in [2.45, 2.75) is 38.6 Å². The van der Waals surface area contributed by atoms with Crippen LogP contribution in [0.1, 0.15) is 35.3 Å². The maximum Gasteiger partial charge on any atom is 0.226 e. The van der Waals surface area contributed by atoms with Gasteiger partial charge < -0.3 is 5.32 Å². The van der Waals surface area contributed by atoms with Gasteiger partial charge in [0.2, 0.25) is 11.7 Å². The second-order valence-electron chi connectivity index (χ2n) is 6.05. The fourth-order valence-electron chi connectivity index (χ4n) is 3.01. The minimum atomic E-state index is -0.144. The van der Waals surface area contributed by atoms with Gasteiger partial charge in [0.25, 0.3) is 0 Å². The minimum absolute atomic E-state index is 0.144. The Labute approximate surface area is 158 Å². The number of fused-ring (bicyclic) bond motifs is 1. The Bertz CT molecular complexity index is 966. The first kappa shape index (κ1) is 16.9. The number of nitrogens with one attached hydrogen (secondary N) is 1. The van der Waals surface area contributed by atoms with Gasteiger partial charge in [-0.05, 0) is 47.9 Å². The smallest absolute Gasteiger partial charge is 0.226 e. The number of hydrogen-bond acceptors (Lipinski definition) is 7. The van der Waals surface area contributed by atoms with Crippen LogP contribution in [0, 0.1) is 11.3 Å². The highest BCUT2D eigenvalue weighted by atomic mass is 32.1. The number of carbonyl (C=O) groups excluding carboxylic acids is 1. The van der Waals surface area contributed by atoms with Gasteiger partial charge in [-0.15, -0.1) is 21.5 Å². The van der Waals surface area contributed by atoms with E-state index in [-0.39, 0.29) is 12.3 Å². The van der Waals surface area contributed by atoms with Crippen LogP contribution in [0.4, 0.5) is 5.00 Å². The van der Waals surface area contributed by atoms with E-state index in [1.807, 2.05) is 16.8 Å². The molecular formula is C17H16N6OS2. The lowest BCUT2D eigenvalue weighted by Crippen LogP contribution is -2.15. The van der Waals surface area contributed by atoms with Crippen LogP contribution < -0.4 is 5.32 Å². The SMILES string of the molecule is N#Cc1c(NC(=O)CCn2nnc(-c3ccsc3)n2)sc2c1CCCC2. The molecule has 0 saturated carbocycles. The molecule has 7 nitrogen and oxygen atoms in total. The number of nitrogens with zero attached hydrogens (tertiary/aromatic N) is 5. The highest BCUT2D eigenvalue weighted by Crippen LogP contribution is 2.37. The highest BCUT2D eigenvalue weighted by molar-refractivity contribution is 7.16. The number of aryl methyl sites for hydroxylation is 2. The normalized spacial score (nSPS) is 13.2. The van der Waals surface area contributed by atoms with E-state index in [0.717, 1.165) is 36.8 Å². The van der Waals surface area contributed by atoms with Gasteiger partial charge in [0.1, 0.15) is 11.1 Å². The van der Waals surface area contributed by atoms with Gasteiger partial charge in [-0.25, -0.2) is 0 Å². The third kappa shape index (κ3) is 3.38. The van der Waals surface area contributed by atoms with Crippen LogP contribution in [-0.4, -0.2) is 26.1 Å². The summed E-state index contributed by atoms with van der Waals surface area (Å²) >= 11 is 3.11. The maximum atomic E-state index is 12.3. The van der Waals surface area contributed by atoms with Crippen LogP contribution in [-0.2, 0) is 24.2 Å². The molecule has 3 aromatic heterocycles. The average molecular weight is 384 g/mol. The van der Waals surface area contributed by atoms with Crippen molar-refractivity contribution in [1.82, 2.24) is 20.2 Å². The number of carbonyl (C=O) groups is 1. The standard InChI is InChI=1S/C17H16N6OS2/c18-9-13-12-3-1-2-4-14(12)26-17(13)19-15(24)5-7-23-21-16(20-22-23)11-6-8-25-10-11/h6,8,10H,1-5,7H2,(H,19,24). The average Bonchev–Trinajstić information content (AvgIpc) is 3.38. The monoisotopic (exact) mass is 384 g/mol. The molecule has 0 unspecified atom stereocenters. The van der Waals surface area contributed by atoms with Gasteiger partial charge in [-0.1, -0.05) is 0 Å². The molecule has 0 fully saturated rings. The predicted molar refractivity (Wildman–Crippen MR) is 100 cm³/mol. The summed E-state index contributed by atoms with van der Waals surface area (Å²) in [5.74, 6) is 0.416. The molecule has 9 heteroatoms.